The minimum absolute atomic E-state index is 0.00615. The molecule has 0 radical (unpaired) electrons. The van der Waals surface area contributed by atoms with Gasteiger partial charge < -0.3 is 15.0 Å². The fourth-order valence-electron chi connectivity index (χ4n) is 3.37. The summed E-state index contributed by atoms with van der Waals surface area (Å²) >= 11 is 0. The van der Waals surface area contributed by atoms with Crippen LogP contribution in [0.15, 0.2) is 54.6 Å². The van der Waals surface area contributed by atoms with Crippen LogP contribution in [-0.2, 0) is 9.53 Å². The zero-order valence-corrected chi connectivity index (χ0v) is 16.2. The molecule has 27 heavy (non-hydrogen) atoms. The first-order valence-electron chi connectivity index (χ1n) is 9.63. The highest BCUT2D eigenvalue weighted by Crippen LogP contribution is 2.13. The Balaban J connectivity index is 1.69. The molecule has 1 aliphatic heterocycles. The van der Waals surface area contributed by atoms with Crippen molar-refractivity contribution in [1.29, 1.82) is 0 Å². The monoisotopic (exact) mass is 365 g/mol. The van der Waals surface area contributed by atoms with Crippen molar-refractivity contribution in [3.63, 3.8) is 0 Å². The Morgan fingerprint density at radius 2 is 1.85 bits per heavy atom. The maximum atomic E-state index is 12.6. The summed E-state index contributed by atoms with van der Waals surface area (Å²) < 4.78 is 5.46. The highest BCUT2D eigenvalue weighted by molar-refractivity contribution is 5.92. The summed E-state index contributed by atoms with van der Waals surface area (Å²) in [5.74, 6) is -0.0604. The molecular formula is C23H29N2O2+. The Labute approximate surface area is 161 Å². The molecule has 0 bridgehead atoms. The second-order valence-electron chi connectivity index (χ2n) is 7.29. The Kier molecular flexibility index (Phi) is 6.80. The van der Waals surface area contributed by atoms with Crippen molar-refractivity contribution >= 4 is 12.0 Å². The highest BCUT2D eigenvalue weighted by Gasteiger charge is 2.22. The molecule has 1 atom stereocenters. The lowest BCUT2D eigenvalue weighted by molar-refractivity contribution is -0.909. The molecule has 0 aliphatic carbocycles. The van der Waals surface area contributed by atoms with Gasteiger partial charge in [-0.15, -0.1) is 0 Å². The number of carbonyl (C=O) groups is 1. The van der Waals surface area contributed by atoms with Crippen LogP contribution in [0.3, 0.4) is 0 Å². The summed E-state index contributed by atoms with van der Waals surface area (Å²) in [6, 6.07) is 16.6. The number of nitrogens with one attached hydrogen (secondary N) is 2. The van der Waals surface area contributed by atoms with Crippen LogP contribution in [0.25, 0.3) is 6.08 Å². The normalized spacial score (nSPS) is 16.4. The third-order valence-electron chi connectivity index (χ3n) is 4.96. The Morgan fingerprint density at radius 3 is 2.56 bits per heavy atom. The maximum Gasteiger partial charge on any atom is 0.244 e. The third kappa shape index (κ3) is 6.05. The van der Waals surface area contributed by atoms with E-state index in [1.54, 1.807) is 6.08 Å². The molecule has 0 aromatic heterocycles. The SMILES string of the molecule is Cc1ccc([C@H](C[NH+]2CCOCC2)NC(=O)/C=C/c2cccc(C)c2)cc1. The van der Waals surface area contributed by atoms with E-state index in [0.717, 1.165) is 44.0 Å². The first kappa shape index (κ1) is 19.3. The van der Waals surface area contributed by atoms with Crippen molar-refractivity contribution in [3.8, 4) is 0 Å². The van der Waals surface area contributed by atoms with Crippen molar-refractivity contribution in [2.75, 3.05) is 32.8 Å². The summed E-state index contributed by atoms with van der Waals surface area (Å²) in [7, 11) is 0. The van der Waals surface area contributed by atoms with Crippen LogP contribution in [0.2, 0.25) is 0 Å². The summed E-state index contributed by atoms with van der Waals surface area (Å²) in [5, 5.41) is 3.20. The fourth-order valence-corrected chi connectivity index (χ4v) is 3.37. The van der Waals surface area contributed by atoms with Crippen molar-refractivity contribution < 1.29 is 14.4 Å². The second-order valence-corrected chi connectivity index (χ2v) is 7.29. The minimum Gasteiger partial charge on any atom is -0.370 e. The van der Waals surface area contributed by atoms with E-state index in [2.05, 4.69) is 55.6 Å². The van der Waals surface area contributed by atoms with Gasteiger partial charge in [-0.1, -0.05) is 59.7 Å². The predicted molar refractivity (Wildman–Crippen MR) is 109 cm³/mol. The number of benzene rings is 2. The lowest BCUT2D eigenvalue weighted by Gasteiger charge is -2.28. The van der Waals surface area contributed by atoms with Gasteiger partial charge in [-0.2, -0.15) is 0 Å². The number of hydrogen-bond donors (Lipinski definition) is 2. The van der Waals surface area contributed by atoms with E-state index in [0.29, 0.717) is 0 Å². The molecule has 0 spiro atoms. The van der Waals surface area contributed by atoms with Crippen molar-refractivity contribution in [3.05, 3.63) is 76.9 Å². The summed E-state index contributed by atoms with van der Waals surface area (Å²) in [4.78, 5) is 14.0. The van der Waals surface area contributed by atoms with Gasteiger partial charge in [-0.3, -0.25) is 4.79 Å². The minimum atomic E-state index is -0.0604. The smallest absolute Gasteiger partial charge is 0.244 e. The molecule has 4 heteroatoms. The van der Waals surface area contributed by atoms with Crippen LogP contribution in [0.1, 0.15) is 28.3 Å². The van der Waals surface area contributed by atoms with Gasteiger partial charge in [0, 0.05) is 6.08 Å². The molecule has 1 fully saturated rings. The van der Waals surface area contributed by atoms with Crippen LogP contribution >= 0.6 is 0 Å². The molecule has 1 amide bonds. The van der Waals surface area contributed by atoms with Gasteiger partial charge in [-0.25, -0.2) is 0 Å². The van der Waals surface area contributed by atoms with E-state index < -0.39 is 0 Å². The maximum absolute atomic E-state index is 12.6. The topological polar surface area (TPSA) is 42.8 Å². The van der Waals surface area contributed by atoms with Gasteiger partial charge in [0.15, 0.2) is 0 Å². The zero-order valence-electron chi connectivity index (χ0n) is 16.2. The number of carbonyl (C=O) groups excluding carboxylic acids is 1. The van der Waals surface area contributed by atoms with Crippen LogP contribution < -0.4 is 10.2 Å². The second kappa shape index (κ2) is 9.49. The first-order chi connectivity index (χ1) is 13.1. The average Bonchev–Trinajstić information content (AvgIpc) is 2.67. The molecule has 2 aromatic carbocycles. The molecule has 0 saturated carbocycles. The number of rotatable bonds is 6. The van der Waals surface area contributed by atoms with Crippen LogP contribution in [-0.4, -0.2) is 38.8 Å². The first-order valence-corrected chi connectivity index (χ1v) is 9.63. The molecule has 142 valence electrons. The Morgan fingerprint density at radius 1 is 1.11 bits per heavy atom. The van der Waals surface area contributed by atoms with E-state index in [-0.39, 0.29) is 11.9 Å². The van der Waals surface area contributed by atoms with Gasteiger partial charge in [0.05, 0.1) is 13.2 Å². The molecule has 1 aliphatic rings. The number of hydrogen-bond acceptors (Lipinski definition) is 2. The molecule has 1 saturated heterocycles. The highest BCUT2D eigenvalue weighted by atomic mass is 16.5. The van der Waals surface area contributed by atoms with Gasteiger partial charge in [0.25, 0.3) is 0 Å². The largest absolute Gasteiger partial charge is 0.370 e. The lowest BCUT2D eigenvalue weighted by atomic mass is 10.0. The number of aryl methyl sites for hydroxylation is 2. The summed E-state index contributed by atoms with van der Waals surface area (Å²) in [6.45, 7) is 8.55. The Hall–Kier alpha value is -2.43. The molecule has 4 nitrogen and oxygen atoms in total. The summed E-state index contributed by atoms with van der Waals surface area (Å²) in [5.41, 5.74) is 4.60. The summed E-state index contributed by atoms with van der Waals surface area (Å²) in [6.07, 6.45) is 3.50. The third-order valence-corrected chi connectivity index (χ3v) is 4.96. The molecular weight excluding hydrogens is 336 g/mol. The van der Waals surface area contributed by atoms with E-state index in [1.165, 1.54) is 16.0 Å². The van der Waals surface area contributed by atoms with Gasteiger partial charge in [-0.05, 0) is 31.1 Å². The van der Waals surface area contributed by atoms with Crippen molar-refractivity contribution in [2.24, 2.45) is 0 Å². The quantitative estimate of drug-likeness (QED) is 0.770. The molecule has 3 rings (SSSR count). The number of quaternary nitrogens is 1. The van der Waals surface area contributed by atoms with Crippen LogP contribution in [0.5, 0.6) is 0 Å². The predicted octanol–water partition coefficient (Wildman–Crippen LogP) is 2.09. The average molecular weight is 365 g/mol. The number of amides is 1. The Bertz CT molecular complexity index is 777. The molecule has 2 N–H and O–H groups in total. The molecule has 1 heterocycles. The lowest BCUT2D eigenvalue weighted by Crippen LogP contribution is -3.14. The number of ether oxygens (including phenoxy) is 1. The van der Waals surface area contributed by atoms with Crippen LogP contribution in [0, 0.1) is 13.8 Å². The van der Waals surface area contributed by atoms with Gasteiger partial charge in [0.2, 0.25) is 5.91 Å². The van der Waals surface area contributed by atoms with E-state index in [9.17, 15) is 4.79 Å². The fraction of sp³-hybridized carbons (Fsp3) is 0.348. The van der Waals surface area contributed by atoms with Gasteiger partial charge in [0.1, 0.15) is 25.7 Å². The van der Waals surface area contributed by atoms with Crippen molar-refractivity contribution in [1.82, 2.24) is 5.32 Å². The molecule has 0 unspecified atom stereocenters. The molecule has 2 aromatic rings. The van der Waals surface area contributed by atoms with E-state index >= 15 is 0 Å². The standard InChI is InChI=1S/C23H28N2O2/c1-18-6-9-21(10-7-18)22(17-25-12-14-27-15-13-25)24-23(26)11-8-20-5-3-4-19(2)16-20/h3-11,16,22H,12-15,17H2,1-2H3,(H,24,26)/p+1/b11-8+/t22-/m0/s1. The van der Waals surface area contributed by atoms with E-state index in [1.807, 2.05) is 18.2 Å². The van der Waals surface area contributed by atoms with Crippen LogP contribution in [0.4, 0.5) is 0 Å². The van der Waals surface area contributed by atoms with E-state index in [4.69, 9.17) is 4.74 Å². The van der Waals surface area contributed by atoms with Crippen molar-refractivity contribution in [2.45, 2.75) is 19.9 Å². The van der Waals surface area contributed by atoms with Gasteiger partial charge >= 0.3 is 0 Å². The number of morpholine rings is 1. The zero-order chi connectivity index (χ0) is 19.1.